The van der Waals surface area contributed by atoms with Crippen LogP contribution < -0.4 is 14.8 Å². The lowest BCUT2D eigenvalue weighted by Gasteiger charge is -2.17. The van der Waals surface area contributed by atoms with Crippen molar-refractivity contribution >= 4 is 27.3 Å². The molecular formula is C24H25FN2O4S. The first-order valence-electron chi connectivity index (χ1n) is 10.1. The van der Waals surface area contributed by atoms with Crippen LogP contribution in [-0.4, -0.2) is 20.4 Å². The maximum atomic E-state index is 13.0. The molecule has 0 radical (unpaired) electrons. The minimum atomic E-state index is -3.77. The fourth-order valence-corrected chi connectivity index (χ4v) is 4.01. The first kappa shape index (κ1) is 23.3. The van der Waals surface area contributed by atoms with Gasteiger partial charge in [0.25, 0.3) is 15.9 Å². The summed E-state index contributed by atoms with van der Waals surface area (Å²) < 4.78 is 46.6. The molecule has 1 atom stereocenters. The van der Waals surface area contributed by atoms with Crippen molar-refractivity contribution in [3.63, 3.8) is 0 Å². The predicted octanol–water partition coefficient (Wildman–Crippen LogP) is 5.04. The number of amides is 1. The molecule has 0 bridgehead atoms. The Kier molecular flexibility index (Phi) is 7.15. The highest BCUT2D eigenvalue weighted by Crippen LogP contribution is 2.21. The molecule has 0 aliphatic rings. The molecule has 0 saturated heterocycles. The Bertz CT molecular complexity index is 1190. The number of anilines is 2. The van der Waals surface area contributed by atoms with Crippen LogP contribution in [0.3, 0.4) is 0 Å². The Hall–Kier alpha value is -3.39. The van der Waals surface area contributed by atoms with Crippen LogP contribution >= 0.6 is 0 Å². The smallest absolute Gasteiger partial charge is 0.265 e. The molecule has 3 aromatic carbocycles. The molecule has 32 heavy (non-hydrogen) atoms. The number of carbonyl (C=O) groups excluding carboxylic acids is 1. The Morgan fingerprint density at radius 3 is 2.16 bits per heavy atom. The first-order chi connectivity index (χ1) is 15.2. The summed E-state index contributed by atoms with van der Waals surface area (Å²) in [5, 5.41) is 2.71. The molecule has 0 aliphatic carbocycles. The molecular weight excluding hydrogens is 431 g/mol. The highest BCUT2D eigenvalue weighted by Gasteiger charge is 2.19. The van der Waals surface area contributed by atoms with Gasteiger partial charge in [0.1, 0.15) is 11.6 Å². The molecule has 6 nitrogen and oxygen atoms in total. The van der Waals surface area contributed by atoms with E-state index >= 15 is 0 Å². The van der Waals surface area contributed by atoms with Crippen LogP contribution in [0.1, 0.15) is 24.5 Å². The lowest BCUT2D eigenvalue weighted by molar-refractivity contribution is -0.122. The predicted molar refractivity (Wildman–Crippen MR) is 123 cm³/mol. The zero-order chi connectivity index (χ0) is 23.3. The van der Waals surface area contributed by atoms with Gasteiger partial charge in [-0.25, -0.2) is 12.8 Å². The summed E-state index contributed by atoms with van der Waals surface area (Å²) in [6.07, 6.45) is -0.384. The standard InChI is InChI=1S/C24H25FN2O4S/c1-4-23(31-21-11-6-18(25)7-12-21)24(28)26-19-9-13-22(14-10-19)32(29,30)27-20-8-5-16(2)17(3)15-20/h5-15,23,27H,4H2,1-3H3,(H,26,28)/t23-/m1/s1. The zero-order valence-corrected chi connectivity index (χ0v) is 18.9. The van der Waals surface area contributed by atoms with E-state index in [0.29, 0.717) is 23.5 Å². The van der Waals surface area contributed by atoms with Gasteiger partial charge in [-0.2, -0.15) is 0 Å². The molecule has 0 unspecified atom stereocenters. The van der Waals surface area contributed by atoms with E-state index in [1.807, 2.05) is 19.9 Å². The van der Waals surface area contributed by atoms with Gasteiger partial charge >= 0.3 is 0 Å². The van der Waals surface area contributed by atoms with Crippen molar-refractivity contribution in [2.75, 3.05) is 10.0 Å². The molecule has 0 saturated carbocycles. The quantitative estimate of drug-likeness (QED) is 0.497. The van der Waals surface area contributed by atoms with Crippen molar-refractivity contribution in [3.8, 4) is 5.75 Å². The normalized spacial score (nSPS) is 12.1. The largest absolute Gasteiger partial charge is 0.481 e. The van der Waals surface area contributed by atoms with Crippen LogP contribution in [0.15, 0.2) is 71.6 Å². The summed E-state index contributed by atoms with van der Waals surface area (Å²) in [5.74, 6) is -0.398. The van der Waals surface area contributed by atoms with Crippen molar-refractivity contribution in [2.24, 2.45) is 0 Å². The number of sulfonamides is 1. The molecule has 2 N–H and O–H groups in total. The van der Waals surface area contributed by atoms with Crippen LogP contribution in [0.4, 0.5) is 15.8 Å². The van der Waals surface area contributed by atoms with Gasteiger partial charge < -0.3 is 10.1 Å². The number of benzene rings is 3. The Morgan fingerprint density at radius 2 is 1.56 bits per heavy atom. The van der Waals surface area contributed by atoms with Crippen LogP contribution in [0.5, 0.6) is 5.75 Å². The van der Waals surface area contributed by atoms with Gasteiger partial charge in [-0.1, -0.05) is 13.0 Å². The number of ether oxygens (including phenoxy) is 1. The summed E-state index contributed by atoms with van der Waals surface area (Å²) in [7, 11) is -3.77. The van der Waals surface area contributed by atoms with Crippen LogP contribution in [0, 0.1) is 19.7 Å². The minimum Gasteiger partial charge on any atom is -0.481 e. The third-order valence-electron chi connectivity index (χ3n) is 4.95. The Balaban J connectivity index is 1.66. The van der Waals surface area contributed by atoms with E-state index < -0.39 is 21.9 Å². The highest BCUT2D eigenvalue weighted by atomic mass is 32.2. The second-order valence-corrected chi connectivity index (χ2v) is 9.07. The van der Waals surface area contributed by atoms with Crippen LogP contribution in [0.2, 0.25) is 0 Å². The monoisotopic (exact) mass is 456 g/mol. The molecule has 3 rings (SSSR count). The summed E-state index contributed by atoms with van der Waals surface area (Å²) in [6, 6.07) is 16.6. The summed E-state index contributed by atoms with van der Waals surface area (Å²) in [5.41, 5.74) is 2.97. The van der Waals surface area contributed by atoms with Crippen molar-refractivity contribution in [2.45, 2.75) is 38.2 Å². The number of hydrogen-bond donors (Lipinski definition) is 2. The molecule has 1 amide bonds. The third kappa shape index (κ3) is 5.85. The number of nitrogens with one attached hydrogen (secondary N) is 2. The number of carbonyl (C=O) groups is 1. The van der Waals surface area contributed by atoms with Crippen molar-refractivity contribution in [1.82, 2.24) is 0 Å². The van der Waals surface area contributed by atoms with Gasteiger partial charge in [0.2, 0.25) is 0 Å². The molecule has 0 fully saturated rings. The lowest BCUT2D eigenvalue weighted by atomic mass is 10.1. The number of rotatable bonds is 8. The Labute approximate surface area is 187 Å². The van der Waals surface area contributed by atoms with E-state index in [9.17, 15) is 17.6 Å². The van der Waals surface area contributed by atoms with E-state index in [1.165, 1.54) is 48.5 Å². The van der Waals surface area contributed by atoms with Gasteiger partial charge in [0.05, 0.1) is 4.90 Å². The number of hydrogen-bond acceptors (Lipinski definition) is 4. The maximum Gasteiger partial charge on any atom is 0.265 e. The van der Waals surface area contributed by atoms with Gasteiger partial charge in [-0.3, -0.25) is 9.52 Å². The average Bonchev–Trinajstić information content (AvgIpc) is 2.76. The van der Waals surface area contributed by atoms with E-state index in [2.05, 4.69) is 10.0 Å². The molecule has 0 aliphatic heterocycles. The third-order valence-corrected chi connectivity index (χ3v) is 6.34. The van der Waals surface area contributed by atoms with Crippen molar-refractivity contribution < 1.29 is 22.3 Å². The van der Waals surface area contributed by atoms with Crippen LogP contribution in [0.25, 0.3) is 0 Å². The summed E-state index contributed by atoms with van der Waals surface area (Å²) in [6.45, 7) is 5.66. The molecule has 168 valence electrons. The van der Waals surface area contributed by atoms with E-state index in [-0.39, 0.29) is 10.8 Å². The molecule has 0 aromatic heterocycles. The Morgan fingerprint density at radius 1 is 0.938 bits per heavy atom. The van der Waals surface area contributed by atoms with Gasteiger partial charge in [-0.05, 0) is 92.1 Å². The van der Waals surface area contributed by atoms with Crippen molar-refractivity contribution in [3.05, 3.63) is 83.7 Å². The molecule has 3 aromatic rings. The lowest BCUT2D eigenvalue weighted by Crippen LogP contribution is -2.32. The second-order valence-electron chi connectivity index (χ2n) is 7.39. The van der Waals surface area contributed by atoms with Crippen LogP contribution in [-0.2, 0) is 14.8 Å². The first-order valence-corrected chi connectivity index (χ1v) is 11.6. The zero-order valence-electron chi connectivity index (χ0n) is 18.1. The fourth-order valence-electron chi connectivity index (χ4n) is 2.96. The topological polar surface area (TPSA) is 84.5 Å². The average molecular weight is 457 g/mol. The summed E-state index contributed by atoms with van der Waals surface area (Å²) in [4.78, 5) is 12.6. The SMILES string of the molecule is CC[C@@H](Oc1ccc(F)cc1)C(=O)Nc1ccc(S(=O)(=O)Nc2ccc(C)c(C)c2)cc1. The second kappa shape index (κ2) is 9.82. The summed E-state index contributed by atoms with van der Waals surface area (Å²) >= 11 is 0. The van der Waals surface area contributed by atoms with E-state index in [0.717, 1.165) is 11.1 Å². The van der Waals surface area contributed by atoms with Gasteiger partial charge in [0, 0.05) is 11.4 Å². The molecule has 0 spiro atoms. The maximum absolute atomic E-state index is 13.0. The van der Waals surface area contributed by atoms with Crippen molar-refractivity contribution in [1.29, 1.82) is 0 Å². The van der Waals surface area contributed by atoms with Gasteiger partial charge in [0.15, 0.2) is 6.10 Å². The van der Waals surface area contributed by atoms with E-state index in [1.54, 1.807) is 19.1 Å². The molecule has 8 heteroatoms. The van der Waals surface area contributed by atoms with E-state index in [4.69, 9.17) is 4.74 Å². The fraction of sp³-hybridized carbons (Fsp3) is 0.208. The molecule has 0 heterocycles. The highest BCUT2D eigenvalue weighted by molar-refractivity contribution is 7.92. The van der Waals surface area contributed by atoms with Gasteiger partial charge in [-0.15, -0.1) is 0 Å². The number of aryl methyl sites for hydroxylation is 2. The minimum absolute atomic E-state index is 0.0725. The number of halogens is 1.